The zero-order valence-electron chi connectivity index (χ0n) is 10.9. The first-order valence-electron chi connectivity index (χ1n) is 5.99. The standard InChI is InChI=1S/C15H8BrF3O3/c16-8-1-3-13(19)11(5-8)15(21)22-7-14(20)10-6-9(17)2-4-12(10)18/h1-6H,7H2. The van der Waals surface area contributed by atoms with Crippen LogP contribution in [-0.2, 0) is 4.74 Å². The molecule has 0 saturated heterocycles. The second-order valence-corrected chi connectivity index (χ2v) is 5.16. The van der Waals surface area contributed by atoms with Gasteiger partial charge in [0.15, 0.2) is 6.61 Å². The summed E-state index contributed by atoms with van der Waals surface area (Å²) in [5.41, 5.74) is -0.913. The molecular formula is C15H8BrF3O3. The highest BCUT2D eigenvalue weighted by Gasteiger charge is 2.18. The largest absolute Gasteiger partial charge is 0.454 e. The first-order valence-corrected chi connectivity index (χ1v) is 6.78. The van der Waals surface area contributed by atoms with Gasteiger partial charge in [-0.15, -0.1) is 0 Å². The zero-order valence-corrected chi connectivity index (χ0v) is 12.5. The third kappa shape index (κ3) is 3.73. The minimum Gasteiger partial charge on any atom is -0.454 e. The molecule has 2 aromatic rings. The average Bonchev–Trinajstić information content (AvgIpc) is 2.49. The number of carbonyl (C=O) groups excluding carboxylic acids is 2. The summed E-state index contributed by atoms with van der Waals surface area (Å²) in [7, 11) is 0. The Hall–Kier alpha value is -2.15. The molecule has 114 valence electrons. The fraction of sp³-hybridized carbons (Fsp3) is 0.0667. The first kappa shape index (κ1) is 16.2. The monoisotopic (exact) mass is 372 g/mol. The maximum atomic E-state index is 13.5. The molecule has 0 N–H and O–H groups in total. The van der Waals surface area contributed by atoms with Crippen molar-refractivity contribution in [2.75, 3.05) is 6.61 Å². The van der Waals surface area contributed by atoms with Crippen LogP contribution in [-0.4, -0.2) is 18.4 Å². The second-order valence-electron chi connectivity index (χ2n) is 4.25. The van der Waals surface area contributed by atoms with Gasteiger partial charge >= 0.3 is 5.97 Å². The van der Waals surface area contributed by atoms with Crippen LogP contribution >= 0.6 is 15.9 Å². The van der Waals surface area contributed by atoms with Crippen LogP contribution in [0.1, 0.15) is 20.7 Å². The van der Waals surface area contributed by atoms with Crippen LogP contribution < -0.4 is 0 Å². The van der Waals surface area contributed by atoms with E-state index in [-0.39, 0.29) is 5.56 Å². The summed E-state index contributed by atoms with van der Waals surface area (Å²) in [5, 5.41) is 0. The van der Waals surface area contributed by atoms with E-state index in [1.165, 1.54) is 12.1 Å². The highest BCUT2D eigenvalue weighted by atomic mass is 79.9. The molecule has 7 heteroatoms. The van der Waals surface area contributed by atoms with Crippen LogP contribution in [0.5, 0.6) is 0 Å². The molecule has 0 aliphatic carbocycles. The number of ether oxygens (including phenoxy) is 1. The lowest BCUT2D eigenvalue weighted by molar-refractivity contribution is 0.0468. The molecule has 0 atom stereocenters. The van der Waals surface area contributed by atoms with E-state index in [0.717, 1.165) is 18.2 Å². The van der Waals surface area contributed by atoms with Gasteiger partial charge in [0, 0.05) is 4.47 Å². The predicted octanol–water partition coefficient (Wildman–Crippen LogP) is 3.91. The number of hydrogen-bond donors (Lipinski definition) is 0. The lowest BCUT2D eigenvalue weighted by atomic mass is 10.1. The second kappa shape index (κ2) is 6.74. The molecule has 0 aliphatic rings. The van der Waals surface area contributed by atoms with Gasteiger partial charge in [0.05, 0.1) is 11.1 Å². The fourth-order valence-corrected chi connectivity index (χ4v) is 2.01. The summed E-state index contributed by atoms with van der Waals surface area (Å²) in [5.74, 6) is -4.56. The maximum absolute atomic E-state index is 13.5. The number of Topliss-reactive ketones (excluding diaryl/α,β-unsaturated/α-hetero) is 1. The van der Waals surface area contributed by atoms with Gasteiger partial charge in [-0.05, 0) is 36.4 Å². The SMILES string of the molecule is O=C(COC(=O)c1cc(Br)ccc1F)c1cc(F)ccc1F. The van der Waals surface area contributed by atoms with E-state index < -0.39 is 41.4 Å². The third-order valence-electron chi connectivity index (χ3n) is 2.71. The summed E-state index contributed by atoms with van der Waals surface area (Å²) >= 11 is 3.07. The van der Waals surface area contributed by atoms with Crippen molar-refractivity contribution < 1.29 is 27.5 Å². The molecule has 0 unspecified atom stereocenters. The highest BCUT2D eigenvalue weighted by molar-refractivity contribution is 9.10. The number of rotatable bonds is 4. The van der Waals surface area contributed by atoms with E-state index >= 15 is 0 Å². The van der Waals surface area contributed by atoms with Crippen LogP contribution in [0.3, 0.4) is 0 Å². The van der Waals surface area contributed by atoms with Crippen LogP contribution in [0.15, 0.2) is 40.9 Å². The quantitative estimate of drug-likeness (QED) is 0.603. The van der Waals surface area contributed by atoms with Gasteiger partial charge in [0.1, 0.15) is 17.5 Å². The number of hydrogen-bond acceptors (Lipinski definition) is 3. The Labute approximate surface area is 131 Å². The fourth-order valence-electron chi connectivity index (χ4n) is 1.65. The van der Waals surface area contributed by atoms with E-state index in [2.05, 4.69) is 20.7 Å². The molecule has 0 saturated carbocycles. The normalized spacial score (nSPS) is 10.4. The predicted molar refractivity (Wildman–Crippen MR) is 75.1 cm³/mol. The van der Waals surface area contributed by atoms with Crippen molar-refractivity contribution in [3.05, 3.63) is 69.4 Å². The van der Waals surface area contributed by atoms with E-state index in [1.54, 1.807) is 0 Å². The van der Waals surface area contributed by atoms with Gasteiger partial charge in [0.25, 0.3) is 0 Å². The summed E-state index contributed by atoms with van der Waals surface area (Å²) in [6, 6.07) is 5.97. The van der Waals surface area contributed by atoms with Crippen LogP contribution in [0.25, 0.3) is 0 Å². The molecule has 0 aromatic heterocycles. The number of ketones is 1. The first-order chi connectivity index (χ1) is 10.4. The smallest absolute Gasteiger partial charge is 0.341 e. The topological polar surface area (TPSA) is 43.4 Å². The van der Waals surface area contributed by atoms with Gasteiger partial charge in [0.2, 0.25) is 5.78 Å². The van der Waals surface area contributed by atoms with Crippen LogP contribution in [0, 0.1) is 17.5 Å². The van der Waals surface area contributed by atoms with Crippen molar-refractivity contribution in [2.24, 2.45) is 0 Å². The van der Waals surface area contributed by atoms with Crippen molar-refractivity contribution in [2.45, 2.75) is 0 Å². The number of esters is 1. The molecule has 0 fully saturated rings. The molecule has 22 heavy (non-hydrogen) atoms. The highest BCUT2D eigenvalue weighted by Crippen LogP contribution is 2.17. The third-order valence-corrected chi connectivity index (χ3v) is 3.20. The minimum absolute atomic E-state index is 0.373. The Morgan fingerprint density at radius 3 is 2.32 bits per heavy atom. The van der Waals surface area contributed by atoms with Gasteiger partial charge < -0.3 is 4.74 Å². The zero-order chi connectivity index (χ0) is 16.3. The molecular weight excluding hydrogens is 365 g/mol. The molecule has 0 heterocycles. The maximum Gasteiger partial charge on any atom is 0.341 e. The summed E-state index contributed by atoms with van der Waals surface area (Å²) in [6.45, 7) is -0.828. The Balaban J connectivity index is 2.09. The number of halogens is 4. The number of carbonyl (C=O) groups is 2. The van der Waals surface area contributed by atoms with E-state index in [0.29, 0.717) is 10.5 Å². The molecule has 2 rings (SSSR count). The van der Waals surface area contributed by atoms with Crippen molar-refractivity contribution in [3.63, 3.8) is 0 Å². The van der Waals surface area contributed by atoms with Gasteiger partial charge in [-0.3, -0.25) is 4.79 Å². The van der Waals surface area contributed by atoms with Crippen molar-refractivity contribution in [3.8, 4) is 0 Å². The van der Waals surface area contributed by atoms with Crippen molar-refractivity contribution in [1.82, 2.24) is 0 Å². The Morgan fingerprint density at radius 2 is 1.59 bits per heavy atom. The molecule has 0 amide bonds. The van der Waals surface area contributed by atoms with E-state index in [9.17, 15) is 22.8 Å². The lowest BCUT2D eigenvalue weighted by Crippen LogP contribution is -2.16. The van der Waals surface area contributed by atoms with E-state index in [1.807, 2.05) is 0 Å². The Morgan fingerprint density at radius 1 is 0.955 bits per heavy atom. The van der Waals surface area contributed by atoms with Crippen molar-refractivity contribution in [1.29, 1.82) is 0 Å². The van der Waals surface area contributed by atoms with Crippen molar-refractivity contribution >= 4 is 27.7 Å². The summed E-state index contributed by atoms with van der Waals surface area (Å²) in [4.78, 5) is 23.4. The molecule has 3 nitrogen and oxygen atoms in total. The molecule has 0 aliphatic heterocycles. The lowest BCUT2D eigenvalue weighted by Gasteiger charge is -2.06. The summed E-state index contributed by atoms with van der Waals surface area (Å²) < 4.78 is 44.9. The molecule has 0 radical (unpaired) electrons. The van der Waals surface area contributed by atoms with E-state index in [4.69, 9.17) is 0 Å². The minimum atomic E-state index is -1.08. The van der Waals surface area contributed by atoms with Crippen LogP contribution in [0.2, 0.25) is 0 Å². The average molecular weight is 373 g/mol. The van der Waals surface area contributed by atoms with Gasteiger partial charge in [-0.25, -0.2) is 18.0 Å². The number of benzene rings is 2. The Bertz CT molecular complexity index is 683. The molecule has 0 bridgehead atoms. The Kier molecular flexibility index (Phi) is 4.97. The van der Waals surface area contributed by atoms with Gasteiger partial charge in [-0.1, -0.05) is 15.9 Å². The summed E-state index contributed by atoms with van der Waals surface area (Å²) in [6.07, 6.45) is 0. The van der Waals surface area contributed by atoms with Crippen LogP contribution in [0.4, 0.5) is 13.2 Å². The molecule has 2 aromatic carbocycles. The molecule has 0 spiro atoms. The van der Waals surface area contributed by atoms with Gasteiger partial charge in [-0.2, -0.15) is 0 Å².